The Balaban J connectivity index is 3.32. The minimum Gasteiger partial charge on any atom is -0.479 e. The van der Waals surface area contributed by atoms with E-state index in [0.29, 0.717) is 26.4 Å². The normalized spacial score (nSPS) is 11.9. The van der Waals surface area contributed by atoms with E-state index in [9.17, 15) is 9.59 Å². The van der Waals surface area contributed by atoms with Crippen LogP contribution in [0, 0.1) is 0 Å². The van der Waals surface area contributed by atoms with Crippen LogP contribution in [-0.2, 0) is 14.3 Å². The summed E-state index contributed by atoms with van der Waals surface area (Å²) in [6.07, 6.45) is -0.0242. The van der Waals surface area contributed by atoms with E-state index in [1.807, 2.05) is 0 Å². The number of amides is 2. The smallest absolute Gasteiger partial charge is 0.334 e. The predicted octanol–water partition coefficient (Wildman–Crippen LogP) is -0.826. The highest BCUT2D eigenvalue weighted by atomic mass is 16.5. The Hall–Kier alpha value is -1.38. The van der Waals surface area contributed by atoms with Gasteiger partial charge in [0.05, 0.1) is 19.8 Å². The molecule has 0 radical (unpaired) electrons. The molecule has 0 aromatic carbocycles. The van der Waals surface area contributed by atoms with E-state index < -0.39 is 18.1 Å². The summed E-state index contributed by atoms with van der Waals surface area (Å²) in [4.78, 5) is 21.4. The molecule has 0 aromatic heterocycles. The first-order valence-electron chi connectivity index (χ1n) is 6.07. The second-order valence-corrected chi connectivity index (χ2v) is 3.80. The topological polar surface area (TPSA) is 117 Å². The van der Waals surface area contributed by atoms with Crippen LogP contribution in [-0.4, -0.2) is 68.3 Å². The molecule has 0 bridgehead atoms. The van der Waals surface area contributed by atoms with Gasteiger partial charge in [0.1, 0.15) is 0 Å². The lowest BCUT2D eigenvalue weighted by Gasteiger charge is -2.09. The lowest BCUT2D eigenvalue weighted by atomic mass is 10.3. The van der Waals surface area contributed by atoms with Crippen molar-refractivity contribution in [3.05, 3.63) is 0 Å². The predicted molar refractivity (Wildman–Crippen MR) is 67.0 cm³/mol. The van der Waals surface area contributed by atoms with E-state index in [4.69, 9.17) is 19.7 Å². The van der Waals surface area contributed by atoms with Gasteiger partial charge in [0.15, 0.2) is 6.10 Å². The first-order chi connectivity index (χ1) is 9.07. The summed E-state index contributed by atoms with van der Waals surface area (Å²) in [6.45, 7) is 1.86. The molecule has 112 valence electrons. The van der Waals surface area contributed by atoms with Gasteiger partial charge in [0.2, 0.25) is 0 Å². The van der Waals surface area contributed by atoms with Crippen LogP contribution in [0.15, 0.2) is 0 Å². The third-order valence-electron chi connectivity index (χ3n) is 2.17. The zero-order valence-corrected chi connectivity index (χ0v) is 11.1. The van der Waals surface area contributed by atoms with Gasteiger partial charge >= 0.3 is 12.0 Å². The van der Waals surface area contributed by atoms with Gasteiger partial charge in [0.25, 0.3) is 0 Å². The van der Waals surface area contributed by atoms with Crippen molar-refractivity contribution in [2.45, 2.75) is 18.9 Å². The maximum atomic E-state index is 11.2. The lowest BCUT2D eigenvalue weighted by molar-refractivity contribution is -0.146. The molecule has 4 N–H and O–H groups in total. The van der Waals surface area contributed by atoms with Gasteiger partial charge in [-0.3, -0.25) is 0 Å². The summed E-state index contributed by atoms with van der Waals surface area (Å²) < 4.78 is 10.0. The third-order valence-corrected chi connectivity index (χ3v) is 2.17. The van der Waals surface area contributed by atoms with Crippen LogP contribution in [0.25, 0.3) is 0 Å². The molecule has 1 atom stereocenters. The van der Waals surface area contributed by atoms with E-state index >= 15 is 0 Å². The Morgan fingerprint density at radius 3 is 2.53 bits per heavy atom. The van der Waals surface area contributed by atoms with Gasteiger partial charge in [-0.25, -0.2) is 9.59 Å². The third kappa shape index (κ3) is 11.4. The number of carboxylic acids is 1. The molecule has 0 aliphatic carbocycles. The maximum absolute atomic E-state index is 11.2. The van der Waals surface area contributed by atoms with Crippen LogP contribution in [0.1, 0.15) is 12.8 Å². The van der Waals surface area contributed by atoms with Gasteiger partial charge in [-0.15, -0.1) is 0 Å². The number of rotatable bonds is 11. The number of ether oxygens (including phenoxy) is 2. The highest BCUT2D eigenvalue weighted by Crippen LogP contribution is 1.89. The number of nitrogens with one attached hydrogen (secondary N) is 2. The van der Waals surface area contributed by atoms with Crippen molar-refractivity contribution >= 4 is 12.0 Å². The molecule has 0 saturated heterocycles. The Morgan fingerprint density at radius 2 is 1.89 bits per heavy atom. The standard InChI is InChI=1S/C11H22N2O6/c1-18-6-7-19-5-3-2-4-12-11(17)13-8-9(14)10(15)16/h9,14H,2-8H2,1H3,(H,15,16)(H2,12,13,17). The summed E-state index contributed by atoms with van der Waals surface area (Å²) in [5, 5.41) is 22.1. The molecule has 0 fully saturated rings. The molecule has 2 amide bonds. The average molecular weight is 278 g/mol. The van der Waals surface area contributed by atoms with E-state index in [2.05, 4.69) is 10.6 Å². The minimum atomic E-state index is -1.58. The van der Waals surface area contributed by atoms with Crippen molar-refractivity contribution in [3.8, 4) is 0 Å². The number of hydrogen-bond donors (Lipinski definition) is 4. The van der Waals surface area contributed by atoms with Crippen LogP contribution < -0.4 is 10.6 Å². The molecule has 1 unspecified atom stereocenters. The Bertz CT molecular complexity index is 262. The molecule has 0 saturated carbocycles. The minimum absolute atomic E-state index is 0.318. The number of methoxy groups -OCH3 is 1. The van der Waals surface area contributed by atoms with Gasteiger partial charge in [-0.05, 0) is 12.8 Å². The molecule has 0 heterocycles. The van der Waals surface area contributed by atoms with Crippen molar-refractivity contribution in [2.75, 3.05) is 40.0 Å². The van der Waals surface area contributed by atoms with Gasteiger partial charge in [-0.2, -0.15) is 0 Å². The summed E-state index contributed by atoms with van der Waals surface area (Å²) in [6, 6.07) is -0.499. The second-order valence-electron chi connectivity index (χ2n) is 3.80. The van der Waals surface area contributed by atoms with Crippen LogP contribution in [0.2, 0.25) is 0 Å². The monoisotopic (exact) mass is 278 g/mol. The molecular weight excluding hydrogens is 256 g/mol. The zero-order valence-electron chi connectivity index (χ0n) is 11.1. The van der Waals surface area contributed by atoms with Crippen LogP contribution in [0.3, 0.4) is 0 Å². The SMILES string of the molecule is COCCOCCCCNC(=O)NCC(O)C(=O)O. The van der Waals surface area contributed by atoms with E-state index in [1.54, 1.807) is 7.11 Å². The molecule has 8 nitrogen and oxygen atoms in total. The van der Waals surface area contributed by atoms with Crippen molar-refractivity contribution in [2.24, 2.45) is 0 Å². The molecule has 0 spiro atoms. The summed E-state index contributed by atoms with van der Waals surface area (Å²) in [5.74, 6) is -1.37. The lowest BCUT2D eigenvalue weighted by Crippen LogP contribution is -2.42. The number of unbranched alkanes of at least 4 members (excludes halogenated alkanes) is 1. The fraction of sp³-hybridized carbons (Fsp3) is 0.818. The van der Waals surface area contributed by atoms with Crippen LogP contribution in [0.5, 0.6) is 0 Å². The van der Waals surface area contributed by atoms with Crippen molar-refractivity contribution in [1.29, 1.82) is 0 Å². The Morgan fingerprint density at radius 1 is 1.16 bits per heavy atom. The number of carboxylic acid groups (broad SMARTS) is 1. The highest BCUT2D eigenvalue weighted by molar-refractivity contribution is 5.76. The number of aliphatic hydroxyl groups is 1. The Labute approximate surface area is 112 Å². The number of urea groups is 1. The van der Waals surface area contributed by atoms with Crippen molar-refractivity contribution < 1.29 is 29.3 Å². The first-order valence-corrected chi connectivity index (χ1v) is 6.07. The van der Waals surface area contributed by atoms with Gasteiger partial charge < -0.3 is 30.3 Å². The fourth-order valence-corrected chi connectivity index (χ4v) is 1.11. The molecular formula is C11H22N2O6. The largest absolute Gasteiger partial charge is 0.479 e. The quantitative estimate of drug-likeness (QED) is 0.367. The average Bonchev–Trinajstić information content (AvgIpc) is 2.38. The maximum Gasteiger partial charge on any atom is 0.334 e. The summed E-state index contributed by atoms with van der Waals surface area (Å²) in [7, 11) is 1.60. The first kappa shape index (κ1) is 17.6. The van der Waals surface area contributed by atoms with Crippen LogP contribution in [0.4, 0.5) is 4.79 Å². The van der Waals surface area contributed by atoms with Crippen molar-refractivity contribution in [3.63, 3.8) is 0 Å². The molecule has 0 aliphatic heterocycles. The highest BCUT2D eigenvalue weighted by Gasteiger charge is 2.13. The van der Waals surface area contributed by atoms with E-state index in [1.165, 1.54) is 0 Å². The molecule has 8 heteroatoms. The zero-order chi connectivity index (χ0) is 14.5. The fourth-order valence-electron chi connectivity index (χ4n) is 1.11. The van der Waals surface area contributed by atoms with E-state index in [0.717, 1.165) is 12.8 Å². The number of aliphatic hydroxyl groups excluding tert-OH is 1. The molecule has 0 aliphatic rings. The Kier molecular flexibility index (Phi) is 10.8. The van der Waals surface area contributed by atoms with Crippen LogP contribution >= 0.6 is 0 Å². The van der Waals surface area contributed by atoms with Gasteiger partial charge in [-0.1, -0.05) is 0 Å². The number of hydrogen-bond acceptors (Lipinski definition) is 5. The van der Waals surface area contributed by atoms with Crippen molar-refractivity contribution in [1.82, 2.24) is 10.6 Å². The van der Waals surface area contributed by atoms with Gasteiger partial charge in [0, 0.05) is 20.3 Å². The summed E-state index contributed by atoms with van der Waals surface area (Å²) >= 11 is 0. The number of carbonyl (C=O) groups is 2. The van der Waals surface area contributed by atoms with E-state index in [-0.39, 0.29) is 6.54 Å². The number of carbonyl (C=O) groups excluding carboxylic acids is 1. The molecule has 0 aromatic rings. The number of aliphatic carboxylic acids is 1. The summed E-state index contributed by atoms with van der Waals surface area (Å²) in [5.41, 5.74) is 0. The molecule has 0 rings (SSSR count). The molecule has 19 heavy (non-hydrogen) atoms. The second kappa shape index (κ2) is 11.7.